The summed E-state index contributed by atoms with van der Waals surface area (Å²) >= 11 is 5.97. The molecule has 148 valence electrons. The third kappa shape index (κ3) is 7.40. The van der Waals surface area contributed by atoms with Gasteiger partial charge in [0.15, 0.2) is 6.61 Å². The molecule has 0 aliphatic rings. The summed E-state index contributed by atoms with van der Waals surface area (Å²) in [5.41, 5.74) is 3.25. The topological polar surface area (TPSA) is 84.5 Å². The van der Waals surface area contributed by atoms with E-state index in [0.717, 1.165) is 11.1 Å². The van der Waals surface area contributed by atoms with E-state index in [1.807, 2.05) is 32.0 Å². The molecular weight excluding hydrogens is 380 g/mol. The van der Waals surface area contributed by atoms with Gasteiger partial charge in [-0.2, -0.15) is 0 Å². The van der Waals surface area contributed by atoms with Crippen molar-refractivity contribution in [3.8, 4) is 0 Å². The molecule has 0 aliphatic heterocycles. The van der Waals surface area contributed by atoms with E-state index < -0.39 is 11.9 Å². The number of nitrogens with one attached hydrogen (secondary N) is 2. The lowest BCUT2D eigenvalue weighted by Crippen LogP contribution is -2.21. The number of anilines is 2. The molecule has 2 N–H and O–H groups in total. The molecule has 2 aromatic rings. The lowest BCUT2D eigenvalue weighted by molar-refractivity contribution is -0.147. The van der Waals surface area contributed by atoms with Gasteiger partial charge >= 0.3 is 5.97 Å². The summed E-state index contributed by atoms with van der Waals surface area (Å²) in [5.74, 6) is -1.18. The van der Waals surface area contributed by atoms with Crippen molar-refractivity contribution in [2.45, 2.75) is 33.1 Å². The Morgan fingerprint density at radius 3 is 2.29 bits per heavy atom. The van der Waals surface area contributed by atoms with Crippen LogP contribution in [0.1, 0.15) is 30.4 Å². The highest BCUT2D eigenvalue weighted by Gasteiger charge is 2.10. The third-order valence-corrected chi connectivity index (χ3v) is 4.13. The van der Waals surface area contributed by atoms with Crippen molar-refractivity contribution in [2.75, 3.05) is 17.2 Å². The van der Waals surface area contributed by atoms with Gasteiger partial charge in [-0.25, -0.2) is 0 Å². The van der Waals surface area contributed by atoms with Crippen LogP contribution in [0.2, 0.25) is 5.02 Å². The molecule has 0 atom stereocenters. The van der Waals surface area contributed by atoms with Gasteiger partial charge in [0.25, 0.3) is 5.91 Å². The number of amides is 2. The van der Waals surface area contributed by atoms with Crippen LogP contribution in [-0.2, 0) is 19.1 Å². The van der Waals surface area contributed by atoms with E-state index in [1.54, 1.807) is 24.3 Å². The normalized spacial score (nSPS) is 10.2. The number of hydrogen-bond acceptors (Lipinski definition) is 4. The first-order valence-corrected chi connectivity index (χ1v) is 9.29. The molecule has 28 heavy (non-hydrogen) atoms. The van der Waals surface area contributed by atoms with Gasteiger partial charge < -0.3 is 15.4 Å². The molecule has 2 aromatic carbocycles. The SMILES string of the molecule is Cc1cc(C)cc(NC(=O)COC(=O)CCCC(=O)Nc2ccccc2Cl)c1. The van der Waals surface area contributed by atoms with Gasteiger partial charge in [-0.15, -0.1) is 0 Å². The van der Waals surface area contributed by atoms with Crippen LogP contribution < -0.4 is 10.6 Å². The molecule has 0 spiro atoms. The Morgan fingerprint density at radius 2 is 1.61 bits per heavy atom. The predicted molar refractivity (Wildman–Crippen MR) is 109 cm³/mol. The second kappa shape index (κ2) is 10.5. The van der Waals surface area contributed by atoms with Gasteiger partial charge in [-0.1, -0.05) is 29.8 Å². The Morgan fingerprint density at radius 1 is 0.929 bits per heavy atom. The molecule has 0 aromatic heterocycles. The van der Waals surface area contributed by atoms with Crippen LogP contribution in [0.4, 0.5) is 11.4 Å². The van der Waals surface area contributed by atoms with Crippen molar-refractivity contribution < 1.29 is 19.1 Å². The van der Waals surface area contributed by atoms with Crippen molar-refractivity contribution in [3.05, 3.63) is 58.6 Å². The summed E-state index contributed by atoms with van der Waals surface area (Å²) in [6, 6.07) is 12.6. The number of para-hydroxylation sites is 1. The van der Waals surface area contributed by atoms with E-state index in [-0.39, 0.29) is 25.4 Å². The number of halogens is 1. The maximum Gasteiger partial charge on any atom is 0.306 e. The molecule has 0 radical (unpaired) electrons. The van der Waals surface area contributed by atoms with Gasteiger partial charge in [0.1, 0.15) is 0 Å². The zero-order chi connectivity index (χ0) is 20.5. The summed E-state index contributed by atoms with van der Waals surface area (Å²) in [6.07, 6.45) is 0.510. The fourth-order valence-electron chi connectivity index (χ4n) is 2.63. The number of carbonyl (C=O) groups is 3. The van der Waals surface area contributed by atoms with Crippen molar-refractivity contribution in [2.24, 2.45) is 0 Å². The summed E-state index contributed by atoms with van der Waals surface area (Å²) < 4.78 is 4.95. The second-order valence-electron chi connectivity index (χ2n) is 6.47. The number of ether oxygens (including phenoxy) is 1. The summed E-state index contributed by atoms with van der Waals surface area (Å²) in [5, 5.41) is 5.83. The molecule has 0 saturated carbocycles. The maximum atomic E-state index is 11.9. The van der Waals surface area contributed by atoms with Crippen LogP contribution in [0.5, 0.6) is 0 Å². The number of aryl methyl sites for hydroxylation is 2. The van der Waals surface area contributed by atoms with Gasteiger partial charge in [-0.3, -0.25) is 14.4 Å². The number of rotatable bonds is 8. The number of hydrogen-bond donors (Lipinski definition) is 2. The van der Waals surface area contributed by atoms with Crippen LogP contribution in [0.15, 0.2) is 42.5 Å². The van der Waals surface area contributed by atoms with Crippen molar-refractivity contribution >= 4 is 40.8 Å². The summed E-state index contributed by atoms with van der Waals surface area (Å²) in [7, 11) is 0. The Kier molecular flexibility index (Phi) is 8.02. The molecule has 0 heterocycles. The van der Waals surface area contributed by atoms with E-state index in [4.69, 9.17) is 16.3 Å². The molecule has 0 unspecified atom stereocenters. The van der Waals surface area contributed by atoms with Gasteiger partial charge in [0.05, 0.1) is 10.7 Å². The van der Waals surface area contributed by atoms with E-state index in [0.29, 0.717) is 22.8 Å². The first-order chi connectivity index (χ1) is 13.3. The lowest BCUT2D eigenvalue weighted by atomic mass is 10.1. The average molecular weight is 403 g/mol. The Hall–Kier alpha value is -2.86. The largest absolute Gasteiger partial charge is 0.456 e. The minimum absolute atomic E-state index is 0.0484. The van der Waals surface area contributed by atoms with Gasteiger partial charge in [-0.05, 0) is 55.7 Å². The fourth-order valence-corrected chi connectivity index (χ4v) is 2.81. The molecule has 0 bridgehead atoms. The molecular formula is C21H23ClN2O4. The smallest absolute Gasteiger partial charge is 0.306 e. The van der Waals surface area contributed by atoms with E-state index in [1.165, 1.54) is 0 Å². The molecule has 0 saturated heterocycles. The predicted octanol–water partition coefficient (Wildman–Crippen LogP) is 4.25. The van der Waals surface area contributed by atoms with E-state index in [9.17, 15) is 14.4 Å². The minimum Gasteiger partial charge on any atom is -0.456 e. The Labute approximate surface area is 169 Å². The van der Waals surface area contributed by atoms with Crippen molar-refractivity contribution in [1.82, 2.24) is 0 Å². The number of carbonyl (C=O) groups excluding carboxylic acids is 3. The standard InChI is InChI=1S/C21H23ClN2O4/c1-14-10-15(2)12-16(11-14)23-20(26)13-28-21(27)9-5-8-19(25)24-18-7-4-3-6-17(18)22/h3-4,6-7,10-12H,5,8-9,13H2,1-2H3,(H,23,26)(H,24,25). The number of benzene rings is 2. The monoisotopic (exact) mass is 402 g/mol. The van der Waals surface area contributed by atoms with Crippen molar-refractivity contribution in [3.63, 3.8) is 0 Å². The quantitative estimate of drug-likeness (QED) is 0.646. The average Bonchev–Trinajstić information content (AvgIpc) is 2.61. The zero-order valence-electron chi connectivity index (χ0n) is 15.9. The zero-order valence-corrected chi connectivity index (χ0v) is 16.6. The number of esters is 1. The van der Waals surface area contributed by atoms with Crippen LogP contribution >= 0.6 is 11.6 Å². The summed E-state index contributed by atoms with van der Waals surface area (Å²) in [4.78, 5) is 35.5. The highest BCUT2D eigenvalue weighted by Crippen LogP contribution is 2.20. The van der Waals surface area contributed by atoms with Crippen LogP contribution in [0.3, 0.4) is 0 Å². The molecule has 0 fully saturated rings. The first kappa shape index (κ1) is 21.4. The first-order valence-electron chi connectivity index (χ1n) is 8.91. The van der Waals surface area contributed by atoms with Gasteiger partial charge in [0.2, 0.25) is 5.91 Å². The Bertz CT molecular complexity index is 847. The van der Waals surface area contributed by atoms with Crippen LogP contribution in [0, 0.1) is 13.8 Å². The van der Waals surface area contributed by atoms with Crippen LogP contribution in [-0.4, -0.2) is 24.4 Å². The maximum absolute atomic E-state index is 11.9. The highest BCUT2D eigenvalue weighted by atomic mass is 35.5. The molecule has 0 aliphatic carbocycles. The molecule has 7 heteroatoms. The van der Waals surface area contributed by atoms with Gasteiger partial charge in [0, 0.05) is 18.5 Å². The Balaban J connectivity index is 1.66. The molecule has 2 rings (SSSR count). The lowest BCUT2D eigenvalue weighted by Gasteiger charge is -2.09. The third-order valence-electron chi connectivity index (χ3n) is 3.80. The second-order valence-corrected chi connectivity index (χ2v) is 6.87. The minimum atomic E-state index is -0.527. The fraction of sp³-hybridized carbons (Fsp3) is 0.286. The molecule has 2 amide bonds. The summed E-state index contributed by atoms with van der Waals surface area (Å²) in [6.45, 7) is 3.51. The highest BCUT2D eigenvalue weighted by molar-refractivity contribution is 6.33. The molecule has 6 nitrogen and oxygen atoms in total. The van der Waals surface area contributed by atoms with Crippen molar-refractivity contribution in [1.29, 1.82) is 0 Å². The van der Waals surface area contributed by atoms with E-state index >= 15 is 0 Å². The van der Waals surface area contributed by atoms with Crippen LogP contribution in [0.25, 0.3) is 0 Å². The van der Waals surface area contributed by atoms with E-state index in [2.05, 4.69) is 10.6 Å².